The highest BCUT2D eigenvalue weighted by atomic mass is 32.1. The van der Waals surface area contributed by atoms with E-state index in [1.54, 1.807) is 17.7 Å². The molecule has 0 unspecified atom stereocenters. The maximum Gasteiger partial charge on any atom is 0.239 e. The summed E-state index contributed by atoms with van der Waals surface area (Å²) in [6.07, 6.45) is 1.59. The lowest BCUT2D eigenvalue weighted by atomic mass is 10.2. The average molecular weight is 339 g/mol. The molecule has 1 amide bonds. The third kappa shape index (κ3) is 3.03. The van der Waals surface area contributed by atoms with Crippen LogP contribution in [0.4, 0.5) is 11.5 Å². The predicted octanol–water partition coefficient (Wildman–Crippen LogP) is 2.24. The van der Waals surface area contributed by atoms with Gasteiger partial charge in [-0.15, -0.1) is 11.3 Å². The molecule has 2 N–H and O–H groups in total. The van der Waals surface area contributed by atoms with Gasteiger partial charge in [0.2, 0.25) is 5.91 Å². The Balaban J connectivity index is 1.44. The number of fused-ring (bicyclic) bond motifs is 1. The smallest absolute Gasteiger partial charge is 0.239 e. The minimum Gasteiger partial charge on any atom is -0.365 e. The van der Waals surface area contributed by atoms with Gasteiger partial charge < -0.3 is 15.5 Å². The number of carbonyl (C=O) groups excluding carboxylic acids is 1. The number of nitrogens with zero attached hydrogens (tertiary/aromatic N) is 3. The average Bonchev–Trinajstić information content (AvgIpc) is 3.10. The third-order valence-corrected chi connectivity index (χ3v) is 4.88. The van der Waals surface area contributed by atoms with Crippen LogP contribution in [-0.4, -0.2) is 35.5 Å². The molecule has 3 aromatic rings. The summed E-state index contributed by atoms with van der Waals surface area (Å²) in [6.45, 7) is 2.67. The molecule has 1 aliphatic rings. The molecule has 0 spiro atoms. The number of thiophene rings is 1. The van der Waals surface area contributed by atoms with E-state index in [0.717, 1.165) is 28.3 Å². The highest BCUT2D eigenvalue weighted by Crippen LogP contribution is 2.24. The second-order valence-corrected chi connectivity index (χ2v) is 6.55. The zero-order chi connectivity index (χ0) is 16.4. The van der Waals surface area contributed by atoms with Crippen molar-refractivity contribution < 1.29 is 4.79 Å². The highest BCUT2D eigenvalue weighted by molar-refractivity contribution is 7.16. The van der Waals surface area contributed by atoms with E-state index < -0.39 is 0 Å². The lowest BCUT2D eigenvalue weighted by Gasteiger charge is -2.28. The zero-order valence-corrected chi connectivity index (χ0v) is 13.8. The first-order valence-electron chi connectivity index (χ1n) is 7.82. The van der Waals surface area contributed by atoms with E-state index in [1.165, 1.54) is 5.56 Å². The van der Waals surface area contributed by atoms with Crippen molar-refractivity contribution in [1.82, 2.24) is 15.3 Å². The fourth-order valence-corrected chi connectivity index (χ4v) is 3.53. The number of anilines is 2. The molecule has 1 fully saturated rings. The van der Waals surface area contributed by atoms with Gasteiger partial charge in [0.1, 0.15) is 17.0 Å². The van der Waals surface area contributed by atoms with Gasteiger partial charge in [0.15, 0.2) is 0 Å². The van der Waals surface area contributed by atoms with E-state index in [0.29, 0.717) is 19.6 Å². The Morgan fingerprint density at radius 3 is 2.92 bits per heavy atom. The van der Waals surface area contributed by atoms with Crippen LogP contribution >= 0.6 is 11.3 Å². The quantitative estimate of drug-likeness (QED) is 0.763. The first kappa shape index (κ1) is 14.9. The van der Waals surface area contributed by atoms with Gasteiger partial charge in [-0.3, -0.25) is 4.79 Å². The molecule has 24 heavy (non-hydrogen) atoms. The van der Waals surface area contributed by atoms with E-state index in [2.05, 4.69) is 49.8 Å². The molecule has 3 heterocycles. The highest BCUT2D eigenvalue weighted by Gasteiger charge is 2.16. The first-order valence-corrected chi connectivity index (χ1v) is 8.70. The molecule has 6 nitrogen and oxygen atoms in total. The normalized spacial score (nSPS) is 14.7. The van der Waals surface area contributed by atoms with Gasteiger partial charge in [0.05, 0.1) is 11.9 Å². The molecule has 2 aromatic heterocycles. The maximum absolute atomic E-state index is 11.5. The van der Waals surface area contributed by atoms with Crippen LogP contribution in [0.1, 0.15) is 5.56 Å². The number of piperazine rings is 1. The lowest BCUT2D eigenvalue weighted by molar-refractivity contribution is -0.120. The maximum atomic E-state index is 11.5. The molecule has 1 saturated heterocycles. The Labute approximate surface area is 143 Å². The number of hydrogen-bond donors (Lipinski definition) is 2. The summed E-state index contributed by atoms with van der Waals surface area (Å²) in [5.74, 6) is 0.938. The molecule has 7 heteroatoms. The number of carbonyl (C=O) groups is 1. The summed E-state index contributed by atoms with van der Waals surface area (Å²) < 4.78 is 0. The van der Waals surface area contributed by atoms with Crippen LogP contribution < -0.4 is 15.5 Å². The van der Waals surface area contributed by atoms with Crippen LogP contribution in [0.2, 0.25) is 0 Å². The molecule has 1 aliphatic heterocycles. The fourth-order valence-electron chi connectivity index (χ4n) is 2.80. The van der Waals surface area contributed by atoms with Crippen molar-refractivity contribution >= 4 is 39.0 Å². The van der Waals surface area contributed by atoms with Crippen molar-refractivity contribution in [2.24, 2.45) is 0 Å². The number of benzene rings is 1. The van der Waals surface area contributed by atoms with Crippen molar-refractivity contribution in [3.63, 3.8) is 0 Å². The summed E-state index contributed by atoms with van der Waals surface area (Å²) >= 11 is 1.61. The Hall–Kier alpha value is -2.67. The molecule has 0 radical (unpaired) electrons. The minimum absolute atomic E-state index is 0.0792. The molecule has 122 valence electrons. The van der Waals surface area contributed by atoms with Crippen molar-refractivity contribution in [2.45, 2.75) is 6.54 Å². The minimum atomic E-state index is 0.0792. The van der Waals surface area contributed by atoms with Gasteiger partial charge in [0.25, 0.3) is 0 Å². The SMILES string of the molecule is O=C1CN(c2ccc(CNc3ncnc4sccc34)cc2)CCN1. The van der Waals surface area contributed by atoms with Crippen LogP contribution in [0.3, 0.4) is 0 Å². The number of rotatable bonds is 4. The Bertz CT molecular complexity index is 861. The predicted molar refractivity (Wildman–Crippen MR) is 96.4 cm³/mol. The molecule has 0 bridgehead atoms. The van der Waals surface area contributed by atoms with E-state index in [9.17, 15) is 4.79 Å². The van der Waals surface area contributed by atoms with E-state index in [-0.39, 0.29) is 5.91 Å². The summed E-state index contributed by atoms with van der Waals surface area (Å²) in [6, 6.07) is 10.3. The number of aromatic nitrogens is 2. The van der Waals surface area contributed by atoms with Crippen molar-refractivity contribution in [3.8, 4) is 0 Å². The van der Waals surface area contributed by atoms with Crippen LogP contribution in [-0.2, 0) is 11.3 Å². The molecular weight excluding hydrogens is 322 g/mol. The Morgan fingerprint density at radius 2 is 2.08 bits per heavy atom. The molecule has 1 aromatic carbocycles. The van der Waals surface area contributed by atoms with Crippen LogP contribution in [0.15, 0.2) is 42.0 Å². The number of amides is 1. The number of nitrogens with one attached hydrogen (secondary N) is 2. The third-order valence-electron chi connectivity index (χ3n) is 4.06. The van der Waals surface area contributed by atoms with Crippen molar-refractivity contribution in [3.05, 3.63) is 47.6 Å². The molecule has 4 rings (SSSR count). The van der Waals surface area contributed by atoms with Crippen LogP contribution in [0, 0.1) is 0 Å². The van der Waals surface area contributed by atoms with Crippen molar-refractivity contribution in [2.75, 3.05) is 29.9 Å². The van der Waals surface area contributed by atoms with Gasteiger partial charge in [-0.2, -0.15) is 0 Å². The summed E-state index contributed by atoms with van der Waals surface area (Å²) in [5, 5.41) is 9.29. The van der Waals surface area contributed by atoms with E-state index >= 15 is 0 Å². The standard InChI is InChI=1S/C17H17N5OS/c23-15-10-22(7-6-18-15)13-3-1-12(2-4-13)9-19-16-14-5-8-24-17(14)21-11-20-16/h1-5,8,11H,6-7,9-10H2,(H,18,23)(H,19,20,21). The second kappa shape index (κ2) is 6.45. The van der Waals surface area contributed by atoms with Gasteiger partial charge in [-0.1, -0.05) is 12.1 Å². The van der Waals surface area contributed by atoms with Crippen LogP contribution in [0.5, 0.6) is 0 Å². The second-order valence-electron chi connectivity index (χ2n) is 5.65. The lowest BCUT2D eigenvalue weighted by Crippen LogP contribution is -2.47. The van der Waals surface area contributed by atoms with Gasteiger partial charge in [-0.25, -0.2) is 9.97 Å². The molecule has 0 atom stereocenters. The van der Waals surface area contributed by atoms with Gasteiger partial charge >= 0.3 is 0 Å². The topological polar surface area (TPSA) is 70.2 Å². The molecule has 0 aliphatic carbocycles. The van der Waals surface area contributed by atoms with E-state index in [1.807, 2.05) is 11.4 Å². The van der Waals surface area contributed by atoms with Crippen molar-refractivity contribution in [1.29, 1.82) is 0 Å². The fraction of sp³-hybridized carbons (Fsp3) is 0.235. The molecule has 0 saturated carbocycles. The summed E-state index contributed by atoms with van der Waals surface area (Å²) in [7, 11) is 0. The largest absolute Gasteiger partial charge is 0.365 e. The summed E-state index contributed by atoms with van der Waals surface area (Å²) in [5.41, 5.74) is 2.25. The molecular formula is C17H17N5OS. The Kier molecular flexibility index (Phi) is 4.00. The number of hydrogen-bond acceptors (Lipinski definition) is 6. The monoisotopic (exact) mass is 339 g/mol. The van der Waals surface area contributed by atoms with Gasteiger partial charge in [0, 0.05) is 25.3 Å². The summed E-state index contributed by atoms with van der Waals surface area (Å²) in [4.78, 5) is 23.1. The zero-order valence-electron chi connectivity index (χ0n) is 13.0. The van der Waals surface area contributed by atoms with Crippen LogP contribution in [0.25, 0.3) is 10.2 Å². The Morgan fingerprint density at radius 1 is 1.21 bits per heavy atom. The van der Waals surface area contributed by atoms with E-state index in [4.69, 9.17) is 0 Å². The first-order chi connectivity index (χ1) is 11.8. The van der Waals surface area contributed by atoms with Gasteiger partial charge in [-0.05, 0) is 29.1 Å².